The number of hydrogen-bond donors (Lipinski definition) is 0. The van der Waals surface area contributed by atoms with Crippen LogP contribution in [0, 0.1) is 0 Å². The molecule has 0 amide bonds. The molecule has 0 aromatic rings. The van der Waals surface area contributed by atoms with Gasteiger partial charge in [0.25, 0.3) is 0 Å². The van der Waals surface area contributed by atoms with Crippen LogP contribution in [-0.4, -0.2) is 37.3 Å². The molecule has 64 valence electrons. The molecule has 1 saturated heterocycles. The van der Waals surface area contributed by atoms with Gasteiger partial charge in [0.15, 0.2) is 0 Å². The van der Waals surface area contributed by atoms with Crippen LogP contribution >= 0.6 is 0 Å². The van der Waals surface area contributed by atoms with Crippen molar-refractivity contribution in [2.45, 2.75) is 45.8 Å². The van der Waals surface area contributed by atoms with Gasteiger partial charge in [0.05, 0.1) is 0 Å². The van der Waals surface area contributed by atoms with E-state index in [0.29, 0.717) is 5.54 Å². The molecule has 0 aromatic carbocycles. The second kappa shape index (κ2) is 2.74. The first-order valence-electron chi connectivity index (χ1n) is 4.20. The van der Waals surface area contributed by atoms with E-state index in [1.165, 1.54) is 0 Å². The van der Waals surface area contributed by atoms with Crippen molar-refractivity contribution in [3.05, 3.63) is 0 Å². The van der Waals surface area contributed by atoms with Gasteiger partial charge in [0, 0.05) is 12.1 Å². The third-order valence-corrected chi connectivity index (χ3v) is 4.53. The first-order valence-corrected chi connectivity index (χ1v) is 5.41. The van der Waals surface area contributed by atoms with E-state index >= 15 is 0 Å². The van der Waals surface area contributed by atoms with Gasteiger partial charge >= 0.3 is 15.8 Å². The van der Waals surface area contributed by atoms with Crippen LogP contribution in [0.2, 0.25) is 0 Å². The lowest BCUT2D eigenvalue weighted by molar-refractivity contribution is 0.139. The second-order valence-electron chi connectivity index (χ2n) is 4.90. The fourth-order valence-electron chi connectivity index (χ4n) is 1.23. The monoisotopic (exact) mass is 171 g/mol. The van der Waals surface area contributed by atoms with Gasteiger partial charge in [-0.15, -0.1) is 0 Å². The van der Waals surface area contributed by atoms with E-state index in [0.717, 1.165) is 6.54 Å². The third kappa shape index (κ3) is 2.45. The fraction of sp³-hybridized carbons (Fsp3) is 1.00. The van der Waals surface area contributed by atoms with Gasteiger partial charge in [-0.1, -0.05) is 0 Å². The molecule has 1 aliphatic heterocycles. The average molecular weight is 171 g/mol. The fourth-order valence-corrected chi connectivity index (χ4v) is 2.85. The molecule has 1 aliphatic rings. The van der Waals surface area contributed by atoms with Crippen LogP contribution in [0.3, 0.4) is 0 Å². The quantitative estimate of drug-likeness (QED) is 0.507. The topological polar surface area (TPSA) is 12.5 Å². The molecule has 0 unspecified atom stereocenters. The van der Waals surface area contributed by atoms with Crippen molar-refractivity contribution in [1.29, 1.82) is 0 Å². The molecule has 0 atom stereocenters. The molecule has 0 spiro atoms. The summed E-state index contributed by atoms with van der Waals surface area (Å²) in [5.41, 5.74) is 0.416. The van der Waals surface area contributed by atoms with Crippen LogP contribution in [0.15, 0.2) is 0 Å². The number of rotatable bonds is 0. The van der Waals surface area contributed by atoms with Gasteiger partial charge in [-0.25, -0.2) is 0 Å². The Hall–Kier alpha value is 0.452. The second-order valence-corrected chi connectivity index (χ2v) is 6.21. The van der Waals surface area contributed by atoms with E-state index in [1.54, 1.807) is 0 Å². The maximum atomic E-state index is 5.74. The zero-order chi connectivity index (χ0) is 8.70. The van der Waals surface area contributed by atoms with Gasteiger partial charge in [0.2, 0.25) is 0 Å². The lowest BCUT2D eigenvalue weighted by Gasteiger charge is -2.32. The van der Waals surface area contributed by atoms with Crippen molar-refractivity contribution in [3.63, 3.8) is 0 Å². The lowest BCUT2D eigenvalue weighted by Crippen LogP contribution is -2.42. The molecule has 0 aliphatic carbocycles. The van der Waals surface area contributed by atoms with Crippen LogP contribution in [0.25, 0.3) is 0 Å². The molecule has 2 nitrogen and oxygen atoms in total. The molecule has 1 rings (SSSR count). The summed E-state index contributed by atoms with van der Waals surface area (Å²) < 4.78 is 8.24. The Morgan fingerprint density at radius 1 is 1.36 bits per heavy atom. The minimum absolute atomic E-state index is 0.111. The zero-order valence-electron chi connectivity index (χ0n) is 8.27. The molecule has 0 aromatic heterocycles. The summed E-state index contributed by atoms with van der Waals surface area (Å²) in [4.78, 5) is 0. The van der Waals surface area contributed by atoms with Crippen LogP contribution in [0.1, 0.15) is 34.6 Å². The Labute approximate surface area is 76.2 Å². The van der Waals surface area contributed by atoms with E-state index in [4.69, 9.17) is 3.79 Å². The number of hydrogen-bond acceptors (Lipinski definition) is 2. The molecular weight excluding hydrogens is 153 g/mol. The van der Waals surface area contributed by atoms with E-state index in [9.17, 15) is 0 Å². The summed E-state index contributed by atoms with van der Waals surface area (Å²) in [7, 11) is 0. The van der Waals surface area contributed by atoms with Crippen LogP contribution in [-0.2, 0) is 3.79 Å². The first kappa shape index (κ1) is 9.54. The van der Waals surface area contributed by atoms with Crippen LogP contribution in [0.5, 0.6) is 0 Å². The first-order chi connectivity index (χ1) is 4.81. The molecule has 0 N–H and O–H groups in total. The highest BCUT2D eigenvalue weighted by Gasteiger charge is 2.37. The van der Waals surface area contributed by atoms with Crippen molar-refractivity contribution in [2.24, 2.45) is 0 Å². The summed E-state index contributed by atoms with van der Waals surface area (Å²) in [6, 6.07) is 0. The summed E-state index contributed by atoms with van der Waals surface area (Å²) in [5, 5.41) is 0. The summed E-state index contributed by atoms with van der Waals surface area (Å²) in [6.07, 6.45) is 0. The van der Waals surface area contributed by atoms with Crippen molar-refractivity contribution < 1.29 is 3.79 Å². The maximum Gasteiger partial charge on any atom is 0.555 e. The van der Waals surface area contributed by atoms with Crippen molar-refractivity contribution in [2.75, 3.05) is 6.54 Å². The Morgan fingerprint density at radius 2 is 1.91 bits per heavy atom. The maximum absolute atomic E-state index is 5.74. The molecule has 0 radical (unpaired) electrons. The number of nitrogens with zero attached hydrogens (tertiary/aromatic N) is 1. The zero-order valence-corrected chi connectivity index (χ0v) is 9.68. The van der Waals surface area contributed by atoms with Crippen molar-refractivity contribution in [3.8, 4) is 0 Å². The molecule has 0 saturated carbocycles. The summed E-state index contributed by atoms with van der Waals surface area (Å²) >= 11 is -0.418. The Balaban J connectivity index is 2.55. The summed E-state index contributed by atoms with van der Waals surface area (Å²) in [6.45, 7) is 12.2. The van der Waals surface area contributed by atoms with E-state index < -0.39 is 15.8 Å². The lowest BCUT2D eigenvalue weighted by atomic mass is 10.1. The molecule has 1 heterocycles. The van der Waals surface area contributed by atoms with Crippen molar-refractivity contribution >= 4 is 15.8 Å². The Morgan fingerprint density at radius 3 is 2.09 bits per heavy atom. The highest BCUT2D eigenvalue weighted by Crippen LogP contribution is 2.24. The summed E-state index contributed by atoms with van der Waals surface area (Å²) in [5.74, 6) is 0. The Bertz CT molecular complexity index is 151. The minimum Gasteiger partial charge on any atom is -0.485 e. The van der Waals surface area contributed by atoms with Gasteiger partial charge in [-0.3, -0.25) is 0 Å². The SMILES string of the molecule is CC1(C)C[N](C(C)(C)C)[AlH][O]1. The molecule has 0 bridgehead atoms. The highest BCUT2D eigenvalue weighted by atomic mass is 27.1. The van der Waals surface area contributed by atoms with Gasteiger partial charge in [0.1, 0.15) is 0 Å². The van der Waals surface area contributed by atoms with Crippen LogP contribution < -0.4 is 0 Å². The van der Waals surface area contributed by atoms with E-state index in [2.05, 4.69) is 38.5 Å². The van der Waals surface area contributed by atoms with Crippen molar-refractivity contribution in [1.82, 2.24) is 3.88 Å². The van der Waals surface area contributed by atoms with Crippen LogP contribution in [0.4, 0.5) is 0 Å². The highest BCUT2D eigenvalue weighted by molar-refractivity contribution is 6.25. The predicted molar refractivity (Wildman–Crippen MR) is 48.8 cm³/mol. The standard InChI is InChI=1S/C8H17NO.Al.H/c1-7(2,3)9-6-8(4,5)10;;/h6H2,1-5H3;;/q-2;+2;. The largest absolute Gasteiger partial charge is 0.555 e. The van der Waals surface area contributed by atoms with E-state index in [-0.39, 0.29) is 5.60 Å². The molecule has 1 fully saturated rings. The molecule has 11 heavy (non-hydrogen) atoms. The normalized spacial score (nSPS) is 25.2. The molecule has 3 heteroatoms. The third-order valence-electron chi connectivity index (χ3n) is 2.13. The van der Waals surface area contributed by atoms with Gasteiger partial charge in [-0.05, 0) is 40.2 Å². The van der Waals surface area contributed by atoms with E-state index in [1.807, 2.05) is 0 Å². The van der Waals surface area contributed by atoms with Gasteiger partial charge < -0.3 is 7.67 Å². The smallest absolute Gasteiger partial charge is 0.485 e. The molecular formula is C8H18AlNO. The van der Waals surface area contributed by atoms with Gasteiger partial charge in [-0.2, -0.15) is 0 Å². The Kier molecular flexibility index (Phi) is 2.38. The average Bonchev–Trinajstić information content (AvgIpc) is 2.07. The predicted octanol–water partition coefficient (Wildman–Crippen LogP) is 1.16. The minimum atomic E-state index is -0.418.